The van der Waals surface area contributed by atoms with Gasteiger partial charge in [0.15, 0.2) is 5.54 Å². The maximum atomic E-state index is 9.04. The number of azo groups is 1. The molecule has 2 N–H and O–H groups in total. The minimum absolute atomic E-state index is 0. The first-order valence-electron chi connectivity index (χ1n) is 27.8. The number of hydrogen-bond acceptors (Lipinski definition) is 6. The summed E-state index contributed by atoms with van der Waals surface area (Å²) in [4.78, 5) is 3.24. The molecule has 0 saturated carbocycles. The Balaban J connectivity index is -0.000000149. The molecule has 0 aliphatic rings. The van der Waals surface area contributed by atoms with Crippen LogP contribution in [-0.2, 0) is 0 Å². The molecule has 71 heavy (non-hydrogen) atoms. The molecule has 3 unspecified atom stereocenters. The monoisotopic (exact) mass is 996 g/mol. The van der Waals surface area contributed by atoms with Crippen molar-refractivity contribution in [3.8, 4) is 18.2 Å². The minimum Gasteiger partial charge on any atom is -0.330 e. The third-order valence-electron chi connectivity index (χ3n) is 12.2. The maximum Gasteiger partial charge on any atom is 0.335 e. The van der Waals surface area contributed by atoms with E-state index in [0.717, 1.165) is 55.4 Å². The van der Waals surface area contributed by atoms with Crippen LogP contribution < -0.4 is 5.73 Å². The van der Waals surface area contributed by atoms with Crippen molar-refractivity contribution in [3.05, 3.63) is 23.6 Å². The molecule has 0 fully saturated rings. The van der Waals surface area contributed by atoms with Crippen molar-refractivity contribution >= 4 is 0 Å². The number of hydrogen-bond donors (Lipinski definition) is 1. The van der Waals surface area contributed by atoms with Crippen LogP contribution in [0.5, 0.6) is 0 Å². The Morgan fingerprint density at radius 2 is 0.732 bits per heavy atom. The first-order valence-corrected chi connectivity index (χ1v) is 27.8. The van der Waals surface area contributed by atoms with E-state index >= 15 is 0 Å². The summed E-state index contributed by atoms with van der Waals surface area (Å²) in [6, 6.07) is 6.77. The lowest BCUT2D eigenvalue weighted by atomic mass is 9.73. The highest BCUT2D eigenvalue weighted by atomic mass is 15.2. The smallest absolute Gasteiger partial charge is 0.330 e. The van der Waals surface area contributed by atoms with Crippen molar-refractivity contribution in [2.75, 3.05) is 6.54 Å². The molecule has 3 atom stereocenters. The average Bonchev–Trinajstić information content (AvgIpc) is 3.10. The Bertz CT molecular complexity index is 1570. The molecule has 0 amide bonds. The van der Waals surface area contributed by atoms with E-state index in [-0.39, 0.29) is 13.7 Å². The Kier molecular flexibility index (Phi) is 36.9. The third-order valence-corrected chi connectivity index (χ3v) is 12.2. The second-order valence-corrected chi connectivity index (χ2v) is 30.6. The molecule has 0 radical (unpaired) electrons. The van der Waals surface area contributed by atoms with Crippen LogP contribution in [0.15, 0.2) is 22.4 Å². The van der Waals surface area contributed by atoms with Gasteiger partial charge in [0, 0.05) is 16.7 Å². The Morgan fingerprint density at radius 1 is 0.465 bits per heavy atom. The van der Waals surface area contributed by atoms with Crippen LogP contribution in [-0.4, -0.2) is 17.7 Å². The molecule has 0 rings (SSSR count). The lowest BCUT2D eigenvalue weighted by molar-refractivity contribution is 0.186. The van der Waals surface area contributed by atoms with Gasteiger partial charge in [-0.3, -0.25) is 4.85 Å². The summed E-state index contributed by atoms with van der Waals surface area (Å²) in [6.45, 7) is 77.0. The number of rotatable bonds is 25. The van der Waals surface area contributed by atoms with Crippen LogP contribution in [0.3, 0.4) is 0 Å². The fourth-order valence-electron chi connectivity index (χ4n) is 11.8. The van der Waals surface area contributed by atoms with E-state index in [2.05, 4.69) is 186 Å². The molecule has 0 aliphatic heterocycles. The zero-order valence-electron chi connectivity index (χ0n) is 53.5. The van der Waals surface area contributed by atoms with E-state index in [0.29, 0.717) is 38.9 Å². The van der Waals surface area contributed by atoms with Gasteiger partial charge in [-0.1, -0.05) is 151 Å². The molecule has 0 spiro atoms. The second kappa shape index (κ2) is 34.0. The first-order chi connectivity index (χ1) is 31.4. The standard InChI is InChI=1S/C15H33N.2C15H29N.C11H22.C8H12N4.2H2/c3*1-12(2)8-14(4,5)9-13(3)10-15(6,7)11-16;1-9(2)7-11(5,6)8-10(3)4;1-7(2,6-9)11-12-8(3,4)10-5;;/h12-13H,8-11,16H2,1-7H3;2*12-13H,8-10H2,1-7H3;10H,1,7-8H2,2-6H3;1-4H3;2*1H. The van der Waals surface area contributed by atoms with Gasteiger partial charge in [0.1, 0.15) is 0 Å². The van der Waals surface area contributed by atoms with Crippen molar-refractivity contribution in [1.29, 1.82) is 15.8 Å². The SMILES string of the molecule is C=C(C)CC(C)(C)CC(C)C.CC(C)CC(C)(C)CC(C)CC(C)(C)C#N.CC(C)CC(C)(C)CC(C)CC(C)(C)C#N.CC(C)CC(C)(C)CC(C)CC(C)(C)CN.[C-]#[N+]C(C)(C)N=NC(C)(C)C#N.[HH].[HH]. The molecule has 0 aromatic rings. The van der Waals surface area contributed by atoms with Crippen LogP contribution in [0.1, 0.15) is 281 Å². The summed E-state index contributed by atoms with van der Waals surface area (Å²) in [5.74, 6) is 5.13. The quantitative estimate of drug-likeness (QED) is 0.0555. The largest absolute Gasteiger partial charge is 0.335 e. The average molecular weight is 997 g/mol. The van der Waals surface area contributed by atoms with Crippen LogP contribution in [0.25, 0.3) is 4.85 Å². The molecule has 0 saturated heterocycles. The van der Waals surface area contributed by atoms with E-state index in [4.69, 9.17) is 28.1 Å². The van der Waals surface area contributed by atoms with Gasteiger partial charge >= 0.3 is 5.66 Å². The zero-order valence-corrected chi connectivity index (χ0v) is 53.5. The summed E-state index contributed by atoms with van der Waals surface area (Å²) >= 11 is 0. The van der Waals surface area contributed by atoms with E-state index < -0.39 is 11.2 Å². The van der Waals surface area contributed by atoms with Crippen molar-refractivity contribution in [2.45, 2.75) is 290 Å². The number of nitriles is 3. The lowest BCUT2D eigenvalue weighted by Gasteiger charge is -2.33. The fourth-order valence-corrected chi connectivity index (χ4v) is 11.8. The molecule has 0 aromatic carbocycles. The van der Waals surface area contributed by atoms with E-state index in [1.807, 2.05) is 33.8 Å². The molecule has 0 bridgehead atoms. The van der Waals surface area contributed by atoms with E-state index in [1.54, 1.807) is 27.7 Å². The summed E-state index contributed by atoms with van der Waals surface area (Å²) < 4.78 is 0. The number of allylic oxidation sites excluding steroid dienone is 1. The second-order valence-electron chi connectivity index (χ2n) is 30.6. The summed E-state index contributed by atoms with van der Waals surface area (Å²) in [5, 5.41) is 34.2. The number of nitrogens with two attached hydrogens (primary N) is 1. The first kappa shape index (κ1) is 77.2. The summed E-state index contributed by atoms with van der Waals surface area (Å²) in [7, 11) is 0. The highest BCUT2D eigenvalue weighted by Gasteiger charge is 2.30. The molecule has 0 heterocycles. The normalized spacial score (nSPS) is 14.2. The minimum atomic E-state index is -0.853. The molecule has 7 nitrogen and oxygen atoms in total. The van der Waals surface area contributed by atoms with Gasteiger partial charge in [-0.2, -0.15) is 20.9 Å². The van der Waals surface area contributed by atoms with Gasteiger partial charge in [0.2, 0.25) is 0 Å². The molecule has 0 aromatic heterocycles. The van der Waals surface area contributed by atoms with Gasteiger partial charge < -0.3 is 5.73 Å². The van der Waals surface area contributed by atoms with Crippen LogP contribution in [0.2, 0.25) is 0 Å². The van der Waals surface area contributed by atoms with Crippen molar-refractivity contribution < 1.29 is 2.85 Å². The molecular weight excluding hydrogens is 867 g/mol. The summed E-state index contributed by atoms with van der Waals surface area (Å²) in [6.07, 6.45) is 13.3. The highest BCUT2D eigenvalue weighted by molar-refractivity contribution is 5.00. The van der Waals surface area contributed by atoms with Gasteiger partial charge in [-0.05, 0) is 194 Å². The van der Waals surface area contributed by atoms with Gasteiger partial charge in [-0.25, -0.2) is 6.57 Å². The topological polar surface area (TPSA) is 126 Å². The fraction of sp³-hybridized carbons (Fsp3) is 0.906. The molecular formula is C64H129N7. The van der Waals surface area contributed by atoms with Crippen molar-refractivity contribution in [3.63, 3.8) is 0 Å². The van der Waals surface area contributed by atoms with Gasteiger partial charge in [0.05, 0.1) is 29.0 Å². The third kappa shape index (κ3) is 51.9. The molecule has 0 aliphatic carbocycles. The molecule has 420 valence electrons. The van der Waals surface area contributed by atoms with Gasteiger partial charge in [-0.15, -0.1) is 11.7 Å². The predicted molar refractivity (Wildman–Crippen MR) is 319 cm³/mol. The molecule has 7 heteroatoms. The predicted octanol–water partition coefficient (Wildman–Crippen LogP) is 21.4. The van der Waals surface area contributed by atoms with E-state index in [9.17, 15) is 0 Å². The van der Waals surface area contributed by atoms with Crippen LogP contribution in [0.4, 0.5) is 0 Å². The Labute approximate surface area is 450 Å². The Hall–Kier alpha value is -2.74. The van der Waals surface area contributed by atoms with Crippen LogP contribution in [0, 0.1) is 120 Å². The van der Waals surface area contributed by atoms with Gasteiger partial charge in [0.25, 0.3) is 0 Å². The van der Waals surface area contributed by atoms with Crippen molar-refractivity contribution in [1.82, 2.24) is 0 Å². The number of nitrogens with zero attached hydrogens (tertiary/aromatic N) is 6. The van der Waals surface area contributed by atoms with E-state index in [1.165, 1.54) is 56.9 Å². The zero-order chi connectivity index (χ0) is 57.8. The van der Waals surface area contributed by atoms with Crippen LogP contribution >= 0.6 is 0 Å². The summed E-state index contributed by atoms with van der Waals surface area (Å²) in [5.41, 5.74) is 7.09. The highest BCUT2D eigenvalue weighted by Crippen LogP contribution is 2.39. The Morgan fingerprint density at radius 3 is 0.958 bits per heavy atom. The van der Waals surface area contributed by atoms with Crippen molar-refractivity contribution in [2.24, 2.45) is 95.3 Å². The maximum absolute atomic E-state index is 9.04. The lowest BCUT2D eigenvalue weighted by Crippen LogP contribution is -2.28.